The number of aromatic nitrogens is 2. The van der Waals surface area contributed by atoms with Gasteiger partial charge in [-0.1, -0.05) is 11.6 Å². The van der Waals surface area contributed by atoms with Gasteiger partial charge in [0.15, 0.2) is 0 Å². The molecule has 2 heterocycles. The van der Waals surface area contributed by atoms with Gasteiger partial charge in [-0.3, -0.25) is 0 Å². The molecule has 4 nitrogen and oxygen atoms in total. The molecule has 1 aliphatic heterocycles. The predicted octanol–water partition coefficient (Wildman–Crippen LogP) is 2.91. The number of rotatable bonds is 3. The molecule has 0 aliphatic carbocycles. The van der Waals surface area contributed by atoms with E-state index >= 15 is 0 Å². The van der Waals surface area contributed by atoms with E-state index in [1.54, 1.807) is 6.07 Å². The number of anilines is 1. The zero-order valence-electron chi connectivity index (χ0n) is 10.1. The fourth-order valence-corrected chi connectivity index (χ4v) is 2.67. The summed E-state index contributed by atoms with van der Waals surface area (Å²) in [4.78, 5) is 7.79. The summed E-state index contributed by atoms with van der Waals surface area (Å²) in [5, 5.41) is 0.634. The third-order valence-corrected chi connectivity index (χ3v) is 3.58. The lowest BCUT2D eigenvalue weighted by atomic mass is 10.1. The number of nitrogen functional groups attached to an aromatic ring is 1. The van der Waals surface area contributed by atoms with Gasteiger partial charge >= 0.3 is 0 Å². The molecule has 1 aromatic heterocycles. The van der Waals surface area contributed by atoms with Crippen LogP contribution in [0, 0.1) is 0 Å². The summed E-state index contributed by atoms with van der Waals surface area (Å²) in [6, 6.07) is 3.59. The fraction of sp³-hybridized carbons (Fsp3) is 0.462. The summed E-state index contributed by atoms with van der Waals surface area (Å²) in [7, 11) is 0. The molecule has 96 valence electrons. The van der Waals surface area contributed by atoms with Crippen LogP contribution in [0.4, 0.5) is 5.69 Å². The second kappa shape index (κ2) is 4.78. The maximum absolute atomic E-state index is 5.97. The number of fused-ring (bicyclic) bond motifs is 1. The maximum atomic E-state index is 5.97. The average Bonchev–Trinajstić information content (AvgIpc) is 2.93. The van der Waals surface area contributed by atoms with Crippen molar-refractivity contribution in [2.75, 3.05) is 12.3 Å². The van der Waals surface area contributed by atoms with Crippen LogP contribution in [0.15, 0.2) is 12.1 Å². The lowest BCUT2D eigenvalue weighted by molar-refractivity contribution is 0.104. The highest BCUT2D eigenvalue weighted by atomic mass is 35.5. The molecule has 1 aliphatic rings. The standard InChI is InChI=1S/C13H16ClN3O/c14-8-6-10(15)13-11(7-8)16-12(17-13)4-3-9-2-1-5-18-9/h6-7,9H,1-5,15H2,(H,16,17). The zero-order valence-corrected chi connectivity index (χ0v) is 10.8. The molecule has 0 radical (unpaired) electrons. The molecule has 0 bridgehead atoms. The Morgan fingerprint density at radius 1 is 1.50 bits per heavy atom. The second-order valence-electron chi connectivity index (χ2n) is 4.75. The van der Waals surface area contributed by atoms with Crippen LogP contribution in [0.2, 0.25) is 5.02 Å². The van der Waals surface area contributed by atoms with Crippen molar-refractivity contribution in [1.29, 1.82) is 0 Å². The summed E-state index contributed by atoms with van der Waals surface area (Å²) in [5.41, 5.74) is 8.23. The van der Waals surface area contributed by atoms with Crippen LogP contribution in [0.3, 0.4) is 0 Å². The van der Waals surface area contributed by atoms with Crippen LogP contribution in [-0.2, 0) is 11.2 Å². The molecule has 1 fully saturated rings. The largest absolute Gasteiger partial charge is 0.397 e. The minimum absolute atomic E-state index is 0.388. The molecule has 5 heteroatoms. The highest BCUT2D eigenvalue weighted by molar-refractivity contribution is 6.31. The summed E-state index contributed by atoms with van der Waals surface area (Å²) in [6.07, 6.45) is 4.62. The molecule has 0 amide bonds. The number of aryl methyl sites for hydroxylation is 1. The van der Waals surface area contributed by atoms with E-state index in [4.69, 9.17) is 22.1 Å². The third kappa shape index (κ3) is 2.31. The number of hydrogen-bond acceptors (Lipinski definition) is 3. The van der Waals surface area contributed by atoms with Crippen molar-refractivity contribution >= 4 is 28.3 Å². The number of nitrogens with one attached hydrogen (secondary N) is 1. The number of nitrogens with two attached hydrogens (primary N) is 1. The number of hydrogen-bond donors (Lipinski definition) is 2. The molecule has 0 saturated carbocycles. The summed E-state index contributed by atoms with van der Waals surface area (Å²) in [5.74, 6) is 0.953. The Morgan fingerprint density at radius 2 is 2.39 bits per heavy atom. The Morgan fingerprint density at radius 3 is 3.17 bits per heavy atom. The van der Waals surface area contributed by atoms with Crippen molar-refractivity contribution in [3.05, 3.63) is 23.0 Å². The first-order chi connectivity index (χ1) is 8.72. The molecule has 2 aromatic rings. The number of H-pyrrole nitrogens is 1. The van der Waals surface area contributed by atoms with Gasteiger partial charge in [0.05, 0.1) is 17.3 Å². The van der Waals surface area contributed by atoms with E-state index in [-0.39, 0.29) is 0 Å². The Bertz CT molecular complexity index is 561. The predicted molar refractivity (Wildman–Crippen MR) is 72.8 cm³/mol. The molecule has 18 heavy (non-hydrogen) atoms. The van der Waals surface area contributed by atoms with Crippen molar-refractivity contribution in [2.45, 2.75) is 31.8 Å². The molecule has 3 N–H and O–H groups in total. The van der Waals surface area contributed by atoms with Gasteiger partial charge in [-0.2, -0.15) is 0 Å². The average molecular weight is 266 g/mol. The van der Waals surface area contributed by atoms with Gasteiger partial charge in [0, 0.05) is 18.1 Å². The van der Waals surface area contributed by atoms with Crippen molar-refractivity contribution in [1.82, 2.24) is 9.97 Å². The number of ether oxygens (including phenoxy) is 1. The SMILES string of the molecule is Nc1cc(Cl)cc2[nH]c(CCC3CCCO3)nc12. The van der Waals surface area contributed by atoms with Gasteiger partial charge in [-0.15, -0.1) is 0 Å². The van der Waals surface area contributed by atoms with Crippen LogP contribution in [0.1, 0.15) is 25.1 Å². The quantitative estimate of drug-likeness (QED) is 0.839. The van der Waals surface area contributed by atoms with E-state index in [9.17, 15) is 0 Å². The van der Waals surface area contributed by atoms with Crippen LogP contribution in [-0.4, -0.2) is 22.7 Å². The number of nitrogens with zero attached hydrogens (tertiary/aromatic N) is 1. The topological polar surface area (TPSA) is 63.9 Å². The van der Waals surface area contributed by atoms with Crippen LogP contribution >= 0.6 is 11.6 Å². The van der Waals surface area contributed by atoms with E-state index < -0.39 is 0 Å². The Hall–Kier alpha value is -1.26. The zero-order chi connectivity index (χ0) is 12.5. The Balaban J connectivity index is 1.78. The molecular formula is C13H16ClN3O. The van der Waals surface area contributed by atoms with E-state index in [0.717, 1.165) is 42.7 Å². The minimum atomic E-state index is 0.388. The number of imidazole rings is 1. The molecule has 1 aromatic carbocycles. The van der Waals surface area contributed by atoms with Crippen molar-refractivity contribution in [2.24, 2.45) is 0 Å². The third-order valence-electron chi connectivity index (χ3n) is 3.36. The summed E-state index contributed by atoms with van der Waals surface area (Å²) < 4.78 is 5.60. The first kappa shape index (κ1) is 11.8. The molecular weight excluding hydrogens is 250 g/mol. The van der Waals surface area contributed by atoms with Crippen LogP contribution in [0.5, 0.6) is 0 Å². The van der Waals surface area contributed by atoms with Crippen molar-refractivity contribution < 1.29 is 4.74 Å². The number of halogens is 1. The minimum Gasteiger partial charge on any atom is -0.397 e. The summed E-state index contributed by atoms with van der Waals surface area (Å²) in [6.45, 7) is 0.896. The molecule has 0 spiro atoms. The molecule has 1 saturated heterocycles. The van der Waals surface area contributed by atoms with Gasteiger partial charge in [-0.25, -0.2) is 4.98 Å². The van der Waals surface area contributed by atoms with Gasteiger partial charge in [0.25, 0.3) is 0 Å². The fourth-order valence-electron chi connectivity index (χ4n) is 2.45. The van der Waals surface area contributed by atoms with Crippen LogP contribution in [0.25, 0.3) is 11.0 Å². The monoisotopic (exact) mass is 265 g/mol. The highest BCUT2D eigenvalue weighted by Gasteiger charge is 2.16. The maximum Gasteiger partial charge on any atom is 0.112 e. The lowest BCUT2D eigenvalue weighted by Gasteiger charge is -2.06. The van der Waals surface area contributed by atoms with Gasteiger partial charge in [-0.05, 0) is 31.4 Å². The van der Waals surface area contributed by atoms with Gasteiger partial charge in [0.1, 0.15) is 11.3 Å². The van der Waals surface area contributed by atoms with E-state index in [1.165, 1.54) is 6.42 Å². The normalized spacial score (nSPS) is 19.7. The second-order valence-corrected chi connectivity index (χ2v) is 5.18. The summed E-state index contributed by atoms with van der Waals surface area (Å²) >= 11 is 5.97. The van der Waals surface area contributed by atoms with E-state index in [0.29, 0.717) is 16.8 Å². The first-order valence-corrected chi connectivity index (χ1v) is 6.65. The molecule has 3 rings (SSSR count). The van der Waals surface area contributed by atoms with Crippen molar-refractivity contribution in [3.8, 4) is 0 Å². The lowest BCUT2D eigenvalue weighted by Crippen LogP contribution is -2.06. The molecule has 1 unspecified atom stereocenters. The van der Waals surface area contributed by atoms with Crippen LogP contribution < -0.4 is 5.73 Å². The first-order valence-electron chi connectivity index (χ1n) is 6.27. The Kier molecular flexibility index (Phi) is 3.14. The Labute approximate surface area is 110 Å². The van der Waals surface area contributed by atoms with Gasteiger partial charge in [0.2, 0.25) is 0 Å². The number of aromatic amines is 1. The van der Waals surface area contributed by atoms with Crippen molar-refractivity contribution in [3.63, 3.8) is 0 Å². The molecule has 1 atom stereocenters. The number of benzene rings is 1. The highest BCUT2D eigenvalue weighted by Crippen LogP contribution is 2.25. The van der Waals surface area contributed by atoms with Gasteiger partial charge < -0.3 is 15.5 Å². The van der Waals surface area contributed by atoms with E-state index in [2.05, 4.69) is 9.97 Å². The van der Waals surface area contributed by atoms with E-state index in [1.807, 2.05) is 6.07 Å². The smallest absolute Gasteiger partial charge is 0.112 e.